The fourth-order valence-electron chi connectivity index (χ4n) is 4.46. The van der Waals surface area contributed by atoms with Gasteiger partial charge in [0.05, 0.1) is 6.54 Å². The molecule has 5 heteroatoms. The van der Waals surface area contributed by atoms with Crippen LogP contribution in [0.4, 0.5) is 0 Å². The van der Waals surface area contributed by atoms with E-state index in [0.29, 0.717) is 18.0 Å². The maximum absolute atomic E-state index is 11.2. The number of likely N-dealkylation sites (tertiary alicyclic amines) is 1. The standard InChI is InChI=1S/C17H22N4O/c22-16-18-14(19-20-16)11-21-12-17(9-5-2-6-10-17)15(21)13-7-3-1-4-8-13/h1,3-4,7-8,15H,2,5-6,9-12H2,(H2,18,19,20,22). The molecule has 0 bridgehead atoms. The predicted molar refractivity (Wildman–Crippen MR) is 84.3 cm³/mol. The number of benzene rings is 1. The van der Waals surface area contributed by atoms with E-state index >= 15 is 0 Å². The Balaban J connectivity index is 1.60. The highest BCUT2D eigenvalue weighted by Gasteiger charge is 2.52. The summed E-state index contributed by atoms with van der Waals surface area (Å²) >= 11 is 0. The second kappa shape index (κ2) is 5.39. The van der Waals surface area contributed by atoms with Crippen LogP contribution in [-0.4, -0.2) is 26.6 Å². The quantitative estimate of drug-likeness (QED) is 0.915. The summed E-state index contributed by atoms with van der Waals surface area (Å²) in [6.07, 6.45) is 6.70. The molecule has 2 aromatic rings. The predicted octanol–water partition coefficient (Wildman–Crippen LogP) is 2.61. The van der Waals surface area contributed by atoms with Crippen molar-refractivity contribution >= 4 is 0 Å². The van der Waals surface area contributed by atoms with Crippen molar-refractivity contribution in [3.05, 3.63) is 52.2 Å². The second-order valence-electron chi connectivity index (χ2n) is 6.77. The van der Waals surface area contributed by atoms with Crippen LogP contribution in [0.2, 0.25) is 0 Å². The highest BCUT2D eigenvalue weighted by Crippen LogP contribution is 2.57. The summed E-state index contributed by atoms with van der Waals surface area (Å²) in [5.41, 5.74) is 1.60. The van der Waals surface area contributed by atoms with E-state index in [1.807, 2.05) is 0 Å². The molecule has 116 valence electrons. The van der Waals surface area contributed by atoms with Crippen molar-refractivity contribution in [2.75, 3.05) is 6.54 Å². The number of nitrogens with one attached hydrogen (secondary N) is 2. The van der Waals surface area contributed by atoms with Crippen molar-refractivity contribution in [2.45, 2.75) is 44.7 Å². The van der Waals surface area contributed by atoms with Gasteiger partial charge in [-0.25, -0.2) is 9.89 Å². The first-order chi connectivity index (χ1) is 10.8. The fraction of sp³-hybridized carbons (Fsp3) is 0.529. The highest BCUT2D eigenvalue weighted by atomic mass is 16.1. The molecule has 1 saturated heterocycles. The van der Waals surface area contributed by atoms with Gasteiger partial charge in [0.25, 0.3) is 0 Å². The van der Waals surface area contributed by atoms with E-state index in [9.17, 15) is 4.79 Å². The number of aromatic nitrogens is 3. The van der Waals surface area contributed by atoms with Crippen molar-refractivity contribution in [3.63, 3.8) is 0 Å². The van der Waals surface area contributed by atoms with Crippen molar-refractivity contribution in [1.29, 1.82) is 0 Å². The molecule has 5 nitrogen and oxygen atoms in total. The Bertz CT molecular complexity index is 684. The molecule has 0 amide bonds. The zero-order valence-corrected chi connectivity index (χ0v) is 12.7. The Morgan fingerprint density at radius 2 is 1.95 bits per heavy atom. The molecule has 1 aliphatic carbocycles. The van der Waals surface area contributed by atoms with Gasteiger partial charge in [0.2, 0.25) is 0 Å². The normalized spacial score (nSPS) is 24.3. The number of rotatable bonds is 3. The molecule has 0 radical (unpaired) electrons. The number of nitrogens with zero attached hydrogens (tertiary/aromatic N) is 2. The number of hydrogen-bond acceptors (Lipinski definition) is 3. The topological polar surface area (TPSA) is 64.8 Å². The first-order valence-electron chi connectivity index (χ1n) is 8.19. The molecule has 2 aliphatic rings. The number of aromatic amines is 2. The maximum Gasteiger partial charge on any atom is 0.340 e. The van der Waals surface area contributed by atoms with Gasteiger partial charge in [-0.05, 0) is 18.4 Å². The van der Waals surface area contributed by atoms with Gasteiger partial charge >= 0.3 is 5.69 Å². The minimum absolute atomic E-state index is 0.223. The minimum atomic E-state index is -0.223. The van der Waals surface area contributed by atoms with Gasteiger partial charge in [-0.15, -0.1) is 0 Å². The molecule has 2 N–H and O–H groups in total. The van der Waals surface area contributed by atoms with Gasteiger partial charge < -0.3 is 0 Å². The SMILES string of the molecule is O=c1[nH]nc(CN2CC3(CCCCC3)C2c2ccccc2)[nH]1. The van der Waals surface area contributed by atoms with Crippen molar-refractivity contribution < 1.29 is 0 Å². The lowest BCUT2D eigenvalue weighted by atomic mass is 9.61. The Labute approximate surface area is 129 Å². The molecule has 1 unspecified atom stereocenters. The molecule has 1 spiro atoms. The van der Waals surface area contributed by atoms with Gasteiger partial charge in [0.15, 0.2) is 0 Å². The molecular formula is C17H22N4O. The number of H-pyrrole nitrogens is 2. The molecular weight excluding hydrogens is 276 g/mol. The van der Waals surface area contributed by atoms with Gasteiger partial charge in [0, 0.05) is 18.0 Å². The summed E-state index contributed by atoms with van der Waals surface area (Å²) in [7, 11) is 0. The molecule has 2 heterocycles. The van der Waals surface area contributed by atoms with Gasteiger partial charge in [-0.3, -0.25) is 9.88 Å². The van der Waals surface area contributed by atoms with E-state index in [1.165, 1.54) is 37.7 Å². The number of hydrogen-bond donors (Lipinski definition) is 2. The molecule has 1 aliphatic heterocycles. The summed E-state index contributed by atoms with van der Waals surface area (Å²) in [6.45, 7) is 1.82. The largest absolute Gasteiger partial charge is 0.340 e. The van der Waals surface area contributed by atoms with Crippen LogP contribution in [0.3, 0.4) is 0 Å². The summed E-state index contributed by atoms with van der Waals surface area (Å²) < 4.78 is 0. The molecule has 1 atom stereocenters. The average Bonchev–Trinajstić information content (AvgIpc) is 2.94. The van der Waals surface area contributed by atoms with Crippen LogP contribution < -0.4 is 5.69 Å². The lowest BCUT2D eigenvalue weighted by molar-refractivity contribution is -0.107. The third kappa shape index (κ3) is 2.29. The summed E-state index contributed by atoms with van der Waals surface area (Å²) in [5, 5.41) is 6.52. The zero-order valence-electron chi connectivity index (χ0n) is 12.7. The third-order valence-electron chi connectivity index (χ3n) is 5.33. The minimum Gasteiger partial charge on any atom is -0.292 e. The first-order valence-corrected chi connectivity index (χ1v) is 8.19. The van der Waals surface area contributed by atoms with E-state index in [-0.39, 0.29) is 5.69 Å². The van der Waals surface area contributed by atoms with Crippen LogP contribution in [0.25, 0.3) is 0 Å². The molecule has 1 aromatic heterocycles. The molecule has 2 fully saturated rings. The van der Waals surface area contributed by atoms with E-state index in [0.717, 1.165) is 12.4 Å². The van der Waals surface area contributed by atoms with Crippen LogP contribution in [0.15, 0.2) is 35.1 Å². The summed E-state index contributed by atoms with van der Waals surface area (Å²) in [4.78, 5) is 16.5. The van der Waals surface area contributed by atoms with Gasteiger partial charge in [-0.1, -0.05) is 49.6 Å². The van der Waals surface area contributed by atoms with Crippen molar-refractivity contribution in [3.8, 4) is 0 Å². The Kier molecular flexibility index (Phi) is 3.37. The Morgan fingerprint density at radius 1 is 1.18 bits per heavy atom. The van der Waals surface area contributed by atoms with Gasteiger partial charge in [-0.2, -0.15) is 5.10 Å². The van der Waals surface area contributed by atoms with E-state index in [2.05, 4.69) is 50.4 Å². The van der Waals surface area contributed by atoms with Crippen LogP contribution in [0.5, 0.6) is 0 Å². The third-order valence-corrected chi connectivity index (χ3v) is 5.33. The van der Waals surface area contributed by atoms with Gasteiger partial charge in [0.1, 0.15) is 5.82 Å². The molecule has 1 aromatic carbocycles. The first kappa shape index (κ1) is 13.8. The molecule has 4 rings (SSSR count). The van der Waals surface area contributed by atoms with E-state index < -0.39 is 0 Å². The van der Waals surface area contributed by atoms with Crippen LogP contribution in [0, 0.1) is 5.41 Å². The van der Waals surface area contributed by atoms with Crippen molar-refractivity contribution in [2.24, 2.45) is 5.41 Å². The summed E-state index contributed by atoms with van der Waals surface area (Å²) in [6, 6.07) is 11.2. The zero-order chi connectivity index (χ0) is 15.0. The fourth-order valence-corrected chi connectivity index (χ4v) is 4.46. The smallest absolute Gasteiger partial charge is 0.292 e. The maximum atomic E-state index is 11.2. The molecule has 22 heavy (non-hydrogen) atoms. The molecule has 1 saturated carbocycles. The lowest BCUT2D eigenvalue weighted by Gasteiger charge is -2.59. The van der Waals surface area contributed by atoms with E-state index in [4.69, 9.17) is 0 Å². The van der Waals surface area contributed by atoms with Crippen LogP contribution in [-0.2, 0) is 6.54 Å². The second-order valence-corrected chi connectivity index (χ2v) is 6.77. The van der Waals surface area contributed by atoms with Crippen LogP contribution >= 0.6 is 0 Å². The van der Waals surface area contributed by atoms with Crippen LogP contribution in [0.1, 0.15) is 49.5 Å². The monoisotopic (exact) mass is 298 g/mol. The Hall–Kier alpha value is -1.88. The van der Waals surface area contributed by atoms with E-state index in [1.54, 1.807) is 0 Å². The average molecular weight is 298 g/mol. The lowest BCUT2D eigenvalue weighted by Crippen LogP contribution is -2.58. The highest BCUT2D eigenvalue weighted by molar-refractivity contribution is 5.26. The van der Waals surface area contributed by atoms with Crippen molar-refractivity contribution in [1.82, 2.24) is 20.1 Å². The Morgan fingerprint density at radius 3 is 2.64 bits per heavy atom. The summed E-state index contributed by atoms with van der Waals surface area (Å²) in [5.74, 6) is 0.733.